The van der Waals surface area contributed by atoms with Crippen molar-refractivity contribution < 1.29 is 19.1 Å². The number of hydrogen-bond donors (Lipinski definition) is 1. The summed E-state index contributed by atoms with van der Waals surface area (Å²) in [5.41, 5.74) is 1.01. The van der Waals surface area contributed by atoms with E-state index in [4.69, 9.17) is 27.9 Å². The molecule has 2 aromatic rings. The minimum Gasteiger partial charge on any atom is -0.492 e. The van der Waals surface area contributed by atoms with Crippen LogP contribution in [-0.4, -0.2) is 48.7 Å². The van der Waals surface area contributed by atoms with Gasteiger partial charge in [-0.3, -0.25) is 14.4 Å². The fourth-order valence-electron chi connectivity index (χ4n) is 3.20. The van der Waals surface area contributed by atoms with Crippen molar-refractivity contribution in [3.8, 4) is 5.75 Å². The molecule has 2 aromatic carbocycles. The standard InChI is InChI=1S/C22H22Cl2N2O4/c23-18-9-8-15(13-19(18)24)5-4-10-25-21(28)17-14-26(22(29)20(17)27)11-12-30-16-6-2-1-3-7-16/h1-3,6-9,13,17H,4-5,10-12,14H2,(H,25,28). The highest BCUT2D eigenvalue weighted by Crippen LogP contribution is 2.23. The summed E-state index contributed by atoms with van der Waals surface area (Å²) in [5, 5.41) is 3.73. The Balaban J connectivity index is 1.41. The second-order valence-electron chi connectivity index (χ2n) is 6.97. The Hall–Kier alpha value is -2.57. The molecule has 0 aliphatic carbocycles. The Morgan fingerprint density at radius 1 is 1.10 bits per heavy atom. The van der Waals surface area contributed by atoms with Crippen LogP contribution in [0.25, 0.3) is 0 Å². The Morgan fingerprint density at radius 2 is 1.87 bits per heavy atom. The molecule has 3 rings (SSSR count). The fraction of sp³-hybridized carbons (Fsp3) is 0.318. The fourth-order valence-corrected chi connectivity index (χ4v) is 3.52. The van der Waals surface area contributed by atoms with E-state index in [1.165, 1.54) is 4.90 Å². The molecule has 1 fully saturated rings. The summed E-state index contributed by atoms with van der Waals surface area (Å²) in [4.78, 5) is 38.1. The molecule has 1 atom stereocenters. The number of benzene rings is 2. The van der Waals surface area contributed by atoms with Crippen LogP contribution >= 0.6 is 23.2 Å². The molecule has 0 aromatic heterocycles. The number of Topliss-reactive ketones (excluding diaryl/α,β-unsaturated/α-hetero) is 1. The van der Waals surface area contributed by atoms with E-state index in [9.17, 15) is 14.4 Å². The molecular weight excluding hydrogens is 427 g/mol. The van der Waals surface area contributed by atoms with Crippen molar-refractivity contribution in [2.24, 2.45) is 5.92 Å². The summed E-state index contributed by atoms with van der Waals surface area (Å²) in [5.74, 6) is -2.01. The number of ketones is 1. The average Bonchev–Trinajstić information content (AvgIpc) is 3.03. The molecule has 0 saturated carbocycles. The zero-order valence-corrected chi connectivity index (χ0v) is 17.8. The van der Waals surface area contributed by atoms with Gasteiger partial charge >= 0.3 is 0 Å². The van der Waals surface area contributed by atoms with Crippen molar-refractivity contribution in [2.75, 3.05) is 26.2 Å². The van der Waals surface area contributed by atoms with Gasteiger partial charge in [0, 0.05) is 13.1 Å². The molecule has 30 heavy (non-hydrogen) atoms. The number of likely N-dealkylation sites (tertiary alicyclic amines) is 1. The number of nitrogens with zero attached hydrogens (tertiary/aromatic N) is 1. The first-order valence-electron chi connectivity index (χ1n) is 9.68. The van der Waals surface area contributed by atoms with Gasteiger partial charge in [0.25, 0.3) is 5.91 Å². The van der Waals surface area contributed by atoms with E-state index in [1.807, 2.05) is 36.4 Å². The predicted octanol–water partition coefficient (Wildman–Crippen LogP) is 3.15. The van der Waals surface area contributed by atoms with Crippen LogP contribution in [0.15, 0.2) is 48.5 Å². The molecule has 1 unspecified atom stereocenters. The van der Waals surface area contributed by atoms with Crippen LogP contribution < -0.4 is 10.1 Å². The third-order valence-corrected chi connectivity index (χ3v) is 5.57. The lowest BCUT2D eigenvalue weighted by Gasteiger charge is -2.16. The first-order chi connectivity index (χ1) is 14.5. The number of halogens is 2. The number of para-hydroxylation sites is 1. The van der Waals surface area contributed by atoms with Gasteiger partial charge in [0.05, 0.1) is 16.6 Å². The predicted molar refractivity (Wildman–Crippen MR) is 115 cm³/mol. The summed E-state index contributed by atoms with van der Waals surface area (Å²) in [6.07, 6.45) is 1.38. The molecule has 1 aliphatic rings. The van der Waals surface area contributed by atoms with Crippen LogP contribution in [0.4, 0.5) is 0 Å². The first kappa shape index (κ1) is 22.1. The summed E-state index contributed by atoms with van der Waals surface area (Å²) in [6.45, 7) is 0.976. The third kappa shape index (κ3) is 5.74. The Morgan fingerprint density at radius 3 is 2.60 bits per heavy atom. The van der Waals surface area contributed by atoms with Crippen molar-refractivity contribution in [1.82, 2.24) is 10.2 Å². The largest absolute Gasteiger partial charge is 0.492 e. The molecule has 0 spiro atoms. The quantitative estimate of drug-likeness (QED) is 0.363. The van der Waals surface area contributed by atoms with Crippen LogP contribution in [0.5, 0.6) is 5.75 Å². The smallest absolute Gasteiger partial charge is 0.291 e. The van der Waals surface area contributed by atoms with Gasteiger partial charge in [-0.2, -0.15) is 0 Å². The molecule has 2 amide bonds. The lowest BCUT2D eigenvalue weighted by atomic mass is 10.1. The van der Waals surface area contributed by atoms with Gasteiger partial charge in [-0.05, 0) is 42.7 Å². The Kier molecular flexibility index (Phi) is 7.71. The molecule has 0 bridgehead atoms. The van der Waals surface area contributed by atoms with Crippen LogP contribution in [-0.2, 0) is 20.8 Å². The average molecular weight is 449 g/mol. The van der Waals surface area contributed by atoms with Crippen LogP contribution in [0.3, 0.4) is 0 Å². The minimum absolute atomic E-state index is 0.0778. The van der Waals surface area contributed by atoms with Crippen molar-refractivity contribution in [3.05, 3.63) is 64.1 Å². The normalized spacial score (nSPS) is 16.1. The number of hydrogen-bond acceptors (Lipinski definition) is 4. The topological polar surface area (TPSA) is 75.7 Å². The van der Waals surface area contributed by atoms with Crippen LogP contribution in [0.2, 0.25) is 10.0 Å². The van der Waals surface area contributed by atoms with Crippen molar-refractivity contribution in [2.45, 2.75) is 12.8 Å². The van der Waals surface area contributed by atoms with Gasteiger partial charge in [0.1, 0.15) is 18.3 Å². The molecule has 0 radical (unpaired) electrons. The number of ether oxygens (including phenoxy) is 1. The number of aryl methyl sites for hydroxylation is 1. The second kappa shape index (κ2) is 10.5. The first-order valence-corrected chi connectivity index (χ1v) is 10.4. The van der Waals surface area contributed by atoms with E-state index < -0.39 is 23.5 Å². The van der Waals surface area contributed by atoms with E-state index in [-0.39, 0.29) is 19.7 Å². The number of amides is 2. The molecule has 8 heteroatoms. The molecule has 1 aliphatic heterocycles. The van der Waals surface area contributed by atoms with E-state index in [1.54, 1.807) is 12.1 Å². The molecule has 1 heterocycles. The third-order valence-electron chi connectivity index (χ3n) is 4.83. The highest BCUT2D eigenvalue weighted by atomic mass is 35.5. The van der Waals surface area contributed by atoms with Crippen LogP contribution in [0.1, 0.15) is 12.0 Å². The molecular formula is C22H22Cl2N2O4. The molecule has 1 saturated heterocycles. The van der Waals surface area contributed by atoms with Gasteiger partial charge in [-0.15, -0.1) is 0 Å². The summed E-state index contributed by atoms with van der Waals surface area (Å²) >= 11 is 11.9. The van der Waals surface area contributed by atoms with Crippen molar-refractivity contribution in [1.29, 1.82) is 0 Å². The lowest BCUT2D eigenvalue weighted by molar-refractivity contribution is -0.142. The highest BCUT2D eigenvalue weighted by Gasteiger charge is 2.42. The van der Waals surface area contributed by atoms with Gasteiger partial charge in [-0.25, -0.2) is 0 Å². The number of carbonyl (C=O) groups excluding carboxylic acids is 3. The highest BCUT2D eigenvalue weighted by molar-refractivity contribution is 6.42. The van der Waals surface area contributed by atoms with E-state index in [2.05, 4.69) is 5.32 Å². The van der Waals surface area contributed by atoms with Crippen molar-refractivity contribution >= 4 is 40.8 Å². The monoisotopic (exact) mass is 448 g/mol. The Bertz CT molecular complexity index is 921. The van der Waals surface area contributed by atoms with Gasteiger partial charge in [-0.1, -0.05) is 47.5 Å². The van der Waals surface area contributed by atoms with Gasteiger partial charge < -0.3 is 15.0 Å². The van der Waals surface area contributed by atoms with Gasteiger partial charge in [0.2, 0.25) is 11.7 Å². The summed E-state index contributed by atoms with van der Waals surface area (Å²) in [6, 6.07) is 14.6. The maximum atomic E-state index is 12.4. The van der Waals surface area contributed by atoms with Crippen molar-refractivity contribution in [3.63, 3.8) is 0 Å². The van der Waals surface area contributed by atoms with E-state index in [0.717, 1.165) is 5.56 Å². The number of nitrogens with one attached hydrogen (secondary N) is 1. The van der Waals surface area contributed by atoms with E-state index in [0.29, 0.717) is 35.2 Å². The molecule has 6 nitrogen and oxygen atoms in total. The minimum atomic E-state index is -0.973. The Labute approximate surface area is 185 Å². The number of carbonyl (C=O) groups is 3. The summed E-state index contributed by atoms with van der Waals surface area (Å²) < 4.78 is 5.56. The zero-order valence-electron chi connectivity index (χ0n) is 16.3. The SMILES string of the molecule is O=C(NCCCc1ccc(Cl)c(Cl)c1)C1CN(CCOc2ccccc2)C(=O)C1=O. The maximum absolute atomic E-state index is 12.4. The summed E-state index contributed by atoms with van der Waals surface area (Å²) in [7, 11) is 0. The maximum Gasteiger partial charge on any atom is 0.291 e. The molecule has 1 N–H and O–H groups in total. The molecule has 158 valence electrons. The van der Waals surface area contributed by atoms with Crippen LogP contribution in [0, 0.1) is 5.92 Å². The zero-order chi connectivity index (χ0) is 21.5. The van der Waals surface area contributed by atoms with Gasteiger partial charge in [0.15, 0.2) is 0 Å². The van der Waals surface area contributed by atoms with E-state index >= 15 is 0 Å². The second-order valence-corrected chi connectivity index (χ2v) is 7.79. The lowest BCUT2D eigenvalue weighted by Crippen LogP contribution is -2.36. The number of rotatable bonds is 9.